The number of anilines is 2. The zero-order valence-corrected chi connectivity index (χ0v) is 24.1. The minimum atomic E-state index is -4.41. The van der Waals surface area contributed by atoms with Crippen molar-refractivity contribution in [2.75, 3.05) is 50.5 Å². The molecule has 2 aromatic carbocycles. The maximum absolute atomic E-state index is 13.6. The van der Waals surface area contributed by atoms with Crippen LogP contribution in [0.2, 0.25) is 0 Å². The van der Waals surface area contributed by atoms with Crippen molar-refractivity contribution >= 4 is 28.2 Å². The number of carbonyl (C=O) groups excluding carboxylic acids is 1. The van der Waals surface area contributed by atoms with Crippen LogP contribution in [-0.2, 0) is 11.3 Å². The number of phenols is 1. The van der Waals surface area contributed by atoms with Gasteiger partial charge in [-0.15, -0.1) is 0 Å². The van der Waals surface area contributed by atoms with E-state index >= 15 is 0 Å². The molecular weight excluding hydrogens is 559 g/mol. The molecule has 0 unspecified atom stereocenters. The fraction of sp³-hybridized carbons (Fsp3) is 0.469. The van der Waals surface area contributed by atoms with Gasteiger partial charge in [-0.05, 0) is 68.0 Å². The van der Waals surface area contributed by atoms with Gasteiger partial charge >= 0.3 is 6.18 Å². The maximum Gasteiger partial charge on any atom is 0.406 e. The van der Waals surface area contributed by atoms with Crippen LogP contribution < -0.4 is 16.0 Å². The molecule has 3 aromatic rings. The summed E-state index contributed by atoms with van der Waals surface area (Å²) in [6.07, 6.45) is -0.179. The predicted molar refractivity (Wildman–Crippen MR) is 159 cm³/mol. The Balaban J connectivity index is 1.14. The molecule has 1 aromatic heterocycles. The lowest BCUT2D eigenvalue weighted by Crippen LogP contribution is -2.68. The zero-order chi connectivity index (χ0) is 30.2. The van der Waals surface area contributed by atoms with Crippen molar-refractivity contribution in [2.24, 2.45) is 5.41 Å². The third-order valence-electron chi connectivity index (χ3n) is 8.82. The van der Waals surface area contributed by atoms with E-state index in [0.29, 0.717) is 33.6 Å². The first-order chi connectivity index (χ1) is 20.6. The topological polar surface area (TPSA) is 90.8 Å². The second kappa shape index (κ2) is 11.7. The van der Waals surface area contributed by atoms with Gasteiger partial charge in [0.1, 0.15) is 12.3 Å². The summed E-state index contributed by atoms with van der Waals surface area (Å²) in [7, 11) is 1.50. The van der Waals surface area contributed by atoms with Crippen LogP contribution in [0.5, 0.6) is 5.75 Å². The molecule has 8 nitrogen and oxygen atoms in total. The first kappa shape index (κ1) is 29.2. The van der Waals surface area contributed by atoms with Gasteiger partial charge in [0.2, 0.25) is 0 Å². The Hall–Kier alpha value is -3.88. The van der Waals surface area contributed by atoms with Crippen LogP contribution in [0.15, 0.2) is 42.5 Å². The number of aromatic nitrogens is 1. The zero-order valence-electron chi connectivity index (χ0n) is 24.1. The van der Waals surface area contributed by atoms with Gasteiger partial charge in [0.25, 0.3) is 5.91 Å². The van der Waals surface area contributed by atoms with Crippen molar-refractivity contribution in [2.45, 2.75) is 50.5 Å². The van der Waals surface area contributed by atoms with E-state index in [0.717, 1.165) is 57.7 Å². The van der Waals surface area contributed by atoms with Crippen molar-refractivity contribution in [1.82, 2.24) is 14.8 Å². The molecule has 4 N–H and O–H groups in total. The summed E-state index contributed by atoms with van der Waals surface area (Å²) in [5.74, 6) is 5.32. The Morgan fingerprint density at radius 3 is 2.51 bits per heavy atom. The summed E-state index contributed by atoms with van der Waals surface area (Å²) in [6, 6.07) is 12.4. The monoisotopic (exact) mass is 595 g/mol. The van der Waals surface area contributed by atoms with E-state index in [1.165, 1.54) is 17.7 Å². The number of halogens is 3. The summed E-state index contributed by atoms with van der Waals surface area (Å²) in [5, 5.41) is 20.0. The Morgan fingerprint density at radius 2 is 1.86 bits per heavy atom. The fourth-order valence-electron chi connectivity index (χ4n) is 6.56. The van der Waals surface area contributed by atoms with Crippen LogP contribution in [0.4, 0.5) is 24.5 Å². The molecule has 6 rings (SSSR count). The second-order valence-electron chi connectivity index (χ2n) is 12.0. The number of nitrogens with zero attached hydrogens (tertiary/aromatic N) is 2. The number of hydrogen-bond donors (Lipinski definition) is 4. The number of likely N-dealkylation sites (tertiary alicyclic amines) is 1. The smallest absolute Gasteiger partial charge is 0.406 e. The SMILES string of the molecule is CNC(=O)c1ccc(NCC#Cc2cc3c(N[C@H]4CC[C@H](N5CC6(COC6)C5)CC4)cccc3n2CC(F)(F)F)c(O)c1. The number of hydrogen-bond acceptors (Lipinski definition) is 6. The standard InChI is InChI=1S/C32H36F3N5O3/c1-36-30(42)21-7-12-27(29(41)14-21)37-13-3-4-24-15-25-26(5-2-6-28(25)40(24)18-32(33,34)35)38-22-8-10-23(11-9-22)39-16-31(17-39)19-43-20-31/h2,5-7,12,14-15,22-23,37-38,41H,8-11,13,16-20H2,1H3,(H,36,42)/t22-,23-. The fourth-order valence-corrected chi connectivity index (χ4v) is 6.56. The highest BCUT2D eigenvalue weighted by Crippen LogP contribution is 2.41. The van der Waals surface area contributed by atoms with Gasteiger partial charge in [0, 0.05) is 54.3 Å². The lowest BCUT2D eigenvalue weighted by molar-refractivity contribution is -0.200. The number of alkyl halides is 3. The van der Waals surface area contributed by atoms with Gasteiger partial charge in [-0.3, -0.25) is 9.69 Å². The van der Waals surface area contributed by atoms with Crippen LogP contribution in [0.25, 0.3) is 10.9 Å². The van der Waals surface area contributed by atoms with E-state index in [2.05, 4.69) is 32.7 Å². The molecule has 2 saturated heterocycles. The third-order valence-corrected chi connectivity index (χ3v) is 8.82. The van der Waals surface area contributed by atoms with Gasteiger partial charge < -0.3 is 30.4 Å². The van der Waals surface area contributed by atoms with E-state index in [-0.39, 0.29) is 29.9 Å². The largest absolute Gasteiger partial charge is 0.506 e. The molecule has 1 saturated carbocycles. The summed E-state index contributed by atoms with van der Waals surface area (Å²) in [4.78, 5) is 14.3. The highest BCUT2D eigenvalue weighted by Gasteiger charge is 2.50. The Bertz CT molecular complexity index is 1550. The Morgan fingerprint density at radius 1 is 1.09 bits per heavy atom. The van der Waals surface area contributed by atoms with Crippen LogP contribution >= 0.6 is 0 Å². The maximum atomic E-state index is 13.6. The van der Waals surface area contributed by atoms with Gasteiger partial charge in [-0.1, -0.05) is 12.0 Å². The number of fused-ring (bicyclic) bond motifs is 1. The highest BCUT2D eigenvalue weighted by molar-refractivity contribution is 5.95. The number of rotatable bonds is 7. The van der Waals surface area contributed by atoms with Crippen LogP contribution in [0.1, 0.15) is 41.7 Å². The summed E-state index contributed by atoms with van der Waals surface area (Å²) in [5.41, 5.74) is 2.64. The van der Waals surface area contributed by atoms with E-state index in [1.807, 2.05) is 6.07 Å². The minimum Gasteiger partial charge on any atom is -0.506 e. The number of phenolic OH excluding ortho intramolecular Hbond substituents is 1. The molecular formula is C32H36F3N5O3. The van der Waals surface area contributed by atoms with Gasteiger partial charge in [0.05, 0.1) is 36.7 Å². The second-order valence-corrected chi connectivity index (χ2v) is 12.0. The van der Waals surface area contributed by atoms with E-state index < -0.39 is 12.7 Å². The van der Waals surface area contributed by atoms with Crippen molar-refractivity contribution in [1.29, 1.82) is 0 Å². The molecule has 2 aliphatic heterocycles. The first-order valence-corrected chi connectivity index (χ1v) is 14.7. The molecule has 11 heteroatoms. The molecule has 43 heavy (non-hydrogen) atoms. The summed E-state index contributed by atoms with van der Waals surface area (Å²) in [6.45, 7) is 2.98. The number of amides is 1. The van der Waals surface area contributed by atoms with Crippen molar-refractivity contribution in [3.05, 3.63) is 53.7 Å². The van der Waals surface area contributed by atoms with Gasteiger partial charge in [-0.2, -0.15) is 13.2 Å². The number of nitrogens with one attached hydrogen (secondary N) is 3. The van der Waals surface area contributed by atoms with E-state index in [4.69, 9.17) is 4.74 Å². The van der Waals surface area contributed by atoms with Crippen molar-refractivity contribution < 1.29 is 27.8 Å². The molecule has 1 spiro atoms. The number of benzene rings is 2. The molecule has 3 fully saturated rings. The lowest BCUT2D eigenvalue weighted by Gasteiger charge is -2.58. The molecule has 3 aliphatic rings. The van der Waals surface area contributed by atoms with Crippen LogP contribution in [-0.4, -0.2) is 78.6 Å². The Kier molecular flexibility index (Phi) is 7.92. The first-order valence-electron chi connectivity index (χ1n) is 14.7. The van der Waals surface area contributed by atoms with Crippen molar-refractivity contribution in [3.63, 3.8) is 0 Å². The van der Waals surface area contributed by atoms with E-state index in [9.17, 15) is 23.1 Å². The highest BCUT2D eigenvalue weighted by atomic mass is 19.4. The van der Waals surface area contributed by atoms with Gasteiger partial charge in [0.15, 0.2) is 0 Å². The molecule has 0 atom stereocenters. The number of ether oxygens (including phenoxy) is 1. The van der Waals surface area contributed by atoms with Gasteiger partial charge in [-0.25, -0.2) is 0 Å². The third kappa shape index (κ3) is 6.26. The molecule has 1 amide bonds. The number of carbonyl (C=O) groups is 1. The average molecular weight is 596 g/mol. The van der Waals surface area contributed by atoms with Crippen molar-refractivity contribution in [3.8, 4) is 17.6 Å². The number of aromatic hydroxyl groups is 1. The molecule has 0 radical (unpaired) electrons. The van der Waals surface area contributed by atoms with Crippen LogP contribution in [0.3, 0.4) is 0 Å². The lowest BCUT2D eigenvalue weighted by atomic mass is 9.75. The predicted octanol–water partition coefficient (Wildman–Crippen LogP) is 4.79. The molecule has 0 bridgehead atoms. The summed E-state index contributed by atoms with van der Waals surface area (Å²) >= 11 is 0. The normalized spacial score (nSPS) is 21.4. The Labute approximate surface area is 248 Å². The molecule has 228 valence electrons. The quantitative estimate of drug-likeness (QED) is 0.232. The van der Waals surface area contributed by atoms with E-state index in [1.54, 1.807) is 30.3 Å². The van der Waals surface area contributed by atoms with Crippen LogP contribution in [0, 0.1) is 17.3 Å². The minimum absolute atomic E-state index is 0.0833. The molecule has 3 heterocycles. The average Bonchev–Trinajstić information content (AvgIpc) is 3.27. The summed E-state index contributed by atoms with van der Waals surface area (Å²) < 4.78 is 47.5. The molecule has 1 aliphatic carbocycles.